The fraction of sp³-hybridized carbons (Fsp3) is 0.278. The minimum atomic E-state index is -3.56. The van der Waals surface area contributed by atoms with Crippen LogP contribution in [0, 0.1) is 11.3 Å². The second-order valence-electron chi connectivity index (χ2n) is 5.54. The van der Waals surface area contributed by atoms with Gasteiger partial charge in [-0.1, -0.05) is 31.2 Å². The number of nitrogens with zero attached hydrogens (tertiary/aromatic N) is 1. The maximum Gasteiger partial charge on any atom is 0.240 e. The lowest BCUT2D eigenvalue weighted by Gasteiger charge is -2.10. The molecule has 0 aliphatic rings. The molecule has 2 aromatic carbocycles. The van der Waals surface area contributed by atoms with Gasteiger partial charge in [0.05, 0.1) is 16.5 Å². The minimum Gasteiger partial charge on any atom is -0.324 e. The molecule has 24 heavy (non-hydrogen) atoms. The van der Waals surface area contributed by atoms with Crippen molar-refractivity contribution in [2.24, 2.45) is 5.73 Å². The molecule has 0 bridgehead atoms. The molecule has 2 aromatic rings. The molecule has 0 aromatic heterocycles. The largest absolute Gasteiger partial charge is 0.324 e. The van der Waals surface area contributed by atoms with Gasteiger partial charge in [0.2, 0.25) is 10.0 Å². The fourth-order valence-electron chi connectivity index (χ4n) is 2.29. The predicted molar refractivity (Wildman–Crippen MR) is 93.7 cm³/mol. The summed E-state index contributed by atoms with van der Waals surface area (Å²) in [6.45, 7) is 2.35. The summed E-state index contributed by atoms with van der Waals surface area (Å²) in [6, 6.07) is 15.8. The van der Waals surface area contributed by atoms with Crippen LogP contribution in [-0.4, -0.2) is 15.0 Å². The molecular formula is C18H21N3O2S. The van der Waals surface area contributed by atoms with Crippen LogP contribution in [0.3, 0.4) is 0 Å². The van der Waals surface area contributed by atoms with E-state index >= 15 is 0 Å². The highest BCUT2D eigenvalue weighted by Crippen LogP contribution is 2.15. The summed E-state index contributed by atoms with van der Waals surface area (Å²) in [7, 11) is -3.56. The van der Waals surface area contributed by atoms with Crippen molar-refractivity contribution < 1.29 is 8.42 Å². The van der Waals surface area contributed by atoms with Crippen molar-refractivity contribution in [3.63, 3.8) is 0 Å². The number of nitrogens with two attached hydrogens (primary N) is 1. The number of rotatable bonds is 7. The number of nitrogens with one attached hydrogen (secondary N) is 1. The zero-order valence-electron chi connectivity index (χ0n) is 13.6. The van der Waals surface area contributed by atoms with Crippen LogP contribution in [0.25, 0.3) is 0 Å². The van der Waals surface area contributed by atoms with Gasteiger partial charge in [-0.15, -0.1) is 0 Å². The standard InChI is InChI=1S/C18H21N3O2S/c1-2-18(20)16-7-3-14(4-8-16)11-12-21-24(22,23)17-9-5-15(13-19)6-10-17/h3-10,18,21H,2,11-12,20H2,1H3. The molecule has 0 radical (unpaired) electrons. The van der Waals surface area contributed by atoms with E-state index in [1.165, 1.54) is 24.3 Å². The number of benzene rings is 2. The van der Waals surface area contributed by atoms with Crippen LogP contribution >= 0.6 is 0 Å². The van der Waals surface area contributed by atoms with Crippen molar-refractivity contribution in [1.29, 1.82) is 5.26 Å². The molecule has 0 aliphatic carbocycles. The van der Waals surface area contributed by atoms with Crippen LogP contribution in [-0.2, 0) is 16.4 Å². The van der Waals surface area contributed by atoms with Crippen LogP contribution in [0.15, 0.2) is 53.4 Å². The van der Waals surface area contributed by atoms with Crippen molar-refractivity contribution in [2.75, 3.05) is 6.54 Å². The van der Waals surface area contributed by atoms with E-state index < -0.39 is 10.0 Å². The van der Waals surface area contributed by atoms with Gasteiger partial charge in [-0.2, -0.15) is 5.26 Å². The number of hydrogen-bond donors (Lipinski definition) is 2. The zero-order chi connectivity index (χ0) is 17.6. The molecular weight excluding hydrogens is 322 g/mol. The first-order chi connectivity index (χ1) is 11.5. The van der Waals surface area contributed by atoms with E-state index in [0.29, 0.717) is 18.5 Å². The number of sulfonamides is 1. The van der Waals surface area contributed by atoms with E-state index in [2.05, 4.69) is 4.72 Å². The third-order valence-electron chi connectivity index (χ3n) is 3.85. The third-order valence-corrected chi connectivity index (χ3v) is 5.32. The van der Waals surface area contributed by atoms with Crippen LogP contribution in [0.1, 0.15) is 36.1 Å². The van der Waals surface area contributed by atoms with E-state index in [9.17, 15) is 8.42 Å². The average Bonchev–Trinajstić information content (AvgIpc) is 2.61. The Balaban J connectivity index is 1.94. The highest BCUT2D eigenvalue weighted by Gasteiger charge is 2.13. The Morgan fingerprint density at radius 3 is 2.29 bits per heavy atom. The van der Waals surface area contributed by atoms with Gasteiger partial charge in [0, 0.05) is 12.6 Å². The maximum atomic E-state index is 12.2. The normalized spacial score (nSPS) is 12.5. The Bertz CT molecular complexity index is 807. The van der Waals surface area contributed by atoms with Gasteiger partial charge in [0.15, 0.2) is 0 Å². The molecule has 1 atom stereocenters. The average molecular weight is 343 g/mol. The summed E-state index contributed by atoms with van der Waals surface area (Å²) in [6.07, 6.45) is 1.47. The third kappa shape index (κ3) is 4.65. The fourth-order valence-corrected chi connectivity index (χ4v) is 3.32. The summed E-state index contributed by atoms with van der Waals surface area (Å²) >= 11 is 0. The van der Waals surface area contributed by atoms with Crippen LogP contribution in [0.4, 0.5) is 0 Å². The van der Waals surface area contributed by atoms with E-state index in [1.54, 1.807) is 0 Å². The molecule has 0 spiro atoms. The highest BCUT2D eigenvalue weighted by atomic mass is 32.2. The second-order valence-corrected chi connectivity index (χ2v) is 7.31. The first-order valence-corrected chi connectivity index (χ1v) is 9.29. The summed E-state index contributed by atoms with van der Waals surface area (Å²) < 4.78 is 27.0. The Morgan fingerprint density at radius 2 is 1.75 bits per heavy atom. The van der Waals surface area contributed by atoms with E-state index in [4.69, 9.17) is 11.0 Å². The molecule has 6 heteroatoms. The van der Waals surface area contributed by atoms with E-state index in [1.807, 2.05) is 37.3 Å². The summed E-state index contributed by atoms with van der Waals surface area (Å²) in [4.78, 5) is 0.158. The molecule has 126 valence electrons. The Labute approximate surface area is 143 Å². The Kier molecular flexibility index (Phi) is 6.10. The van der Waals surface area contributed by atoms with Gasteiger partial charge in [0.25, 0.3) is 0 Å². The SMILES string of the molecule is CCC(N)c1ccc(CCNS(=O)(=O)c2ccc(C#N)cc2)cc1. The topological polar surface area (TPSA) is 96.0 Å². The Hall–Kier alpha value is -2.20. The van der Waals surface area contributed by atoms with Crippen LogP contribution in [0.2, 0.25) is 0 Å². The molecule has 0 saturated carbocycles. The lowest BCUT2D eigenvalue weighted by atomic mass is 10.0. The van der Waals surface area contributed by atoms with Crippen molar-refractivity contribution in [2.45, 2.75) is 30.7 Å². The highest BCUT2D eigenvalue weighted by molar-refractivity contribution is 7.89. The molecule has 3 N–H and O–H groups in total. The quantitative estimate of drug-likeness (QED) is 0.807. The van der Waals surface area contributed by atoms with Gasteiger partial charge in [-0.25, -0.2) is 13.1 Å². The molecule has 0 aliphatic heterocycles. The van der Waals surface area contributed by atoms with Crippen LogP contribution < -0.4 is 10.5 Å². The van der Waals surface area contributed by atoms with Gasteiger partial charge in [0.1, 0.15) is 0 Å². The summed E-state index contributed by atoms with van der Waals surface area (Å²) in [5.41, 5.74) is 8.53. The van der Waals surface area contributed by atoms with E-state index in [0.717, 1.165) is 17.5 Å². The van der Waals surface area contributed by atoms with Crippen LogP contribution in [0.5, 0.6) is 0 Å². The summed E-state index contributed by atoms with van der Waals surface area (Å²) in [5.74, 6) is 0. The van der Waals surface area contributed by atoms with Gasteiger partial charge in [-0.05, 0) is 48.2 Å². The smallest absolute Gasteiger partial charge is 0.240 e. The van der Waals surface area contributed by atoms with E-state index in [-0.39, 0.29) is 10.9 Å². The van der Waals surface area contributed by atoms with Crippen molar-refractivity contribution >= 4 is 10.0 Å². The molecule has 0 saturated heterocycles. The van der Waals surface area contributed by atoms with Crippen molar-refractivity contribution in [3.8, 4) is 6.07 Å². The zero-order valence-corrected chi connectivity index (χ0v) is 14.4. The molecule has 0 amide bonds. The van der Waals surface area contributed by atoms with Gasteiger partial charge in [-0.3, -0.25) is 0 Å². The molecule has 5 nitrogen and oxygen atoms in total. The summed E-state index contributed by atoms with van der Waals surface area (Å²) in [5, 5.41) is 8.75. The maximum absolute atomic E-state index is 12.2. The molecule has 0 fully saturated rings. The first kappa shape index (κ1) is 18.1. The number of hydrogen-bond acceptors (Lipinski definition) is 4. The van der Waals surface area contributed by atoms with Gasteiger partial charge < -0.3 is 5.73 Å². The lowest BCUT2D eigenvalue weighted by Crippen LogP contribution is -2.26. The molecule has 0 heterocycles. The monoisotopic (exact) mass is 343 g/mol. The van der Waals surface area contributed by atoms with Crippen molar-refractivity contribution in [1.82, 2.24) is 4.72 Å². The molecule has 1 unspecified atom stereocenters. The predicted octanol–water partition coefficient (Wildman–Crippen LogP) is 2.49. The molecule has 2 rings (SSSR count). The Morgan fingerprint density at radius 1 is 1.12 bits per heavy atom. The van der Waals surface area contributed by atoms with Gasteiger partial charge >= 0.3 is 0 Å². The second kappa shape index (κ2) is 8.06. The lowest BCUT2D eigenvalue weighted by molar-refractivity contribution is 0.581. The minimum absolute atomic E-state index is 0.0361. The number of nitriles is 1. The van der Waals surface area contributed by atoms with Crippen molar-refractivity contribution in [3.05, 3.63) is 65.2 Å². The first-order valence-electron chi connectivity index (χ1n) is 7.80.